The van der Waals surface area contributed by atoms with Gasteiger partial charge >= 0.3 is 0 Å². The molecule has 0 aromatic rings. The number of nitrogens with one attached hydrogen (secondary N) is 2. The molecule has 1 rings (SSSR count). The third-order valence-electron chi connectivity index (χ3n) is 3.25. The van der Waals surface area contributed by atoms with Gasteiger partial charge in [-0.3, -0.25) is 4.79 Å². The van der Waals surface area contributed by atoms with E-state index < -0.39 is 0 Å². The van der Waals surface area contributed by atoms with Crippen molar-refractivity contribution in [3.63, 3.8) is 0 Å². The van der Waals surface area contributed by atoms with Gasteiger partial charge in [0.15, 0.2) is 0 Å². The SMILES string of the molecule is C=C(NC)C(=O)N1CCCC(C(C)C)C1.C=N. The summed E-state index contributed by atoms with van der Waals surface area (Å²) in [6.45, 7) is 12.4. The first-order chi connectivity index (χ1) is 8.06. The fourth-order valence-corrected chi connectivity index (χ4v) is 2.04. The summed E-state index contributed by atoms with van der Waals surface area (Å²) in [6.07, 6.45) is 2.36. The van der Waals surface area contributed by atoms with Crippen molar-refractivity contribution in [2.75, 3.05) is 20.1 Å². The molecule has 4 nitrogen and oxygen atoms in total. The van der Waals surface area contributed by atoms with E-state index in [0.717, 1.165) is 19.5 Å². The van der Waals surface area contributed by atoms with Crippen LogP contribution < -0.4 is 5.32 Å². The number of nitrogens with zero attached hydrogens (tertiary/aromatic N) is 1. The first-order valence-corrected chi connectivity index (χ1v) is 6.07. The Morgan fingerprint density at radius 3 is 2.53 bits per heavy atom. The summed E-state index contributed by atoms with van der Waals surface area (Å²) in [4.78, 5) is 13.8. The van der Waals surface area contributed by atoms with E-state index in [1.807, 2.05) is 4.90 Å². The number of likely N-dealkylation sites (tertiary alicyclic amines) is 1. The molecule has 1 heterocycles. The van der Waals surface area contributed by atoms with Gasteiger partial charge < -0.3 is 15.6 Å². The lowest BCUT2D eigenvalue weighted by molar-refractivity contribution is -0.129. The largest absolute Gasteiger partial charge is 0.384 e. The molecule has 1 amide bonds. The molecule has 4 heteroatoms. The summed E-state index contributed by atoms with van der Waals surface area (Å²) >= 11 is 0. The van der Waals surface area contributed by atoms with E-state index in [9.17, 15) is 4.79 Å². The number of amides is 1. The van der Waals surface area contributed by atoms with Crippen LogP contribution in [0.2, 0.25) is 0 Å². The van der Waals surface area contributed by atoms with Crippen LogP contribution in [0.15, 0.2) is 12.3 Å². The zero-order valence-corrected chi connectivity index (χ0v) is 11.3. The highest BCUT2D eigenvalue weighted by Crippen LogP contribution is 2.23. The van der Waals surface area contributed by atoms with Gasteiger partial charge in [-0.05, 0) is 31.4 Å². The number of likely N-dealkylation sites (N-methyl/N-ethyl adjacent to an activating group) is 1. The highest BCUT2D eigenvalue weighted by molar-refractivity contribution is 5.92. The van der Waals surface area contributed by atoms with Crippen molar-refractivity contribution in [2.24, 2.45) is 11.8 Å². The van der Waals surface area contributed by atoms with Crippen LogP contribution in [0.3, 0.4) is 0 Å². The highest BCUT2D eigenvalue weighted by atomic mass is 16.2. The summed E-state index contributed by atoms with van der Waals surface area (Å²) in [5.41, 5.74) is 0.499. The van der Waals surface area contributed by atoms with Gasteiger partial charge in [0, 0.05) is 20.1 Å². The van der Waals surface area contributed by atoms with E-state index in [0.29, 0.717) is 17.5 Å². The van der Waals surface area contributed by atoms with E-state index in [2.05, 4.69) is 32.5 Å². The van der Waals surface area contributed by atoms with Gasteiger partial charge in [-0.25, -0.2) is 0 Å². The lowest BCUT2D eigenvalue weighted by Gasteiger charge is -2.35. The van der Waals surface area contributed by atoms with E-state index in [1.165, 1.54) is 6.42 Å². The molecular weight excluding hydrogens is 214 g/mol. The molecule has 1 aliphatic rings. The molecule has 0 aromatic carbocycles. The maximum atomic E-state index is 11.9. The van der Waals surface area contributed by atoms with Crippen molar-refractivity contribution in [2.45, 2.75) is 26.7 Å². The number of hydrogen-bond donors (Lipinski definition) is 2. The topological polar surface area (TPSA) is 56.2 Å². The molecule has 0 aliphatic carbocycles. The van der Waals surface area contributed by atoms with Crippen LogP contribution in [0.1, 0.15) is 26.7 Å². The van der Waals surface area contributed by atoms with Crippen LogP contribution >= 0.6 is 0 Å². The van der Waals surface area contributed by atoms with Crippen LogP contribution in [-0.2, 0) is 4.79 Å². The van der Waals surface area contributed by atoms with Crippen molar-refractivity contribution in [3.8, 4) is 0 Å². The number of carbonyl (C=O) groups excluding carboxylic acids is 1. The van der Waals surface area contributed by atoms with Crippen LogP contribution in [0.5, 0.6) is 0 Å². The minimum Gasteiger partial charge on any atom is -0.384 e. The van der Waals surface area contributed by atoms with Crippen molar-refractivity contribution >= 4 is 12.6 Å². The molecule has 1 saturated heterocycles. The first-order valence-electron chi connectivity index (χ1n) is 6.07. The Balaban J connectivity index is 0.00000121. The van der Waals surface area contributed by atoms with Gasteiger partial charge in [-0.15, -0.1) is 0 Å². The number of carbonyl (C=O) groups is 1. The summed E-state index contributed by atoms with van der Waals surface area (Å²) in [5.74, 6) is 1.36. The molecule has 0 radical (unpaired) electrons. The van der Waals surface area contributed by atoms with Crippen molar-refractivity contribution in [1.82, 2.24) is 10.2 Å². The smallest absolute Gasteiger partial charge is 0.269 e. The molecule has 0 aromatic heterocycles. The number of hydrogen-bond acceptors (Lipinski definition) is 3. The number of rotatable bonds is 3. The highest BCUT2D eigenvalue weighted by Gasteiger charge is 2.26. The van der Waals surface area contributed by atoms with E-state index in [-0.39, 0.29) is 5.91 Å². The van der Waals surface area contributed by atoms with Gasteiger partial charge in [-0.2, -0.15) is 0 Å². The van der Waals surface area contributed by atoms with Gasteiger partial charge in [0.05, 0.1) is 5.70 Å². The van der Waals surface area contributed by atoms with Crippen LogP contribution in [-0.4, -0.2) is 37.7 Å². The number of piperidine rings is 1. The molecule has 17 heavy (non-hydrogen) atoms. The summed E-state index contributed by atoms with van der Waals surface area (Å²) in [5, 5.41) is 8.32. The van der Waals surface area contributed by atoms with Gasteiger partial charge in [0.1, 0.15) is 0 Å². The van der Waals surface area contributed by atoms with Gasteiger partial charge in [-0.1, -0.05) is 20.4 Å². The Labute approximate surface area is 105 Å². The zero-order valence-electron chi connectivity index (χ0n) is 11.3. The predicted molar refractivity (Wildman–Crippen MR) is 72.2 cm³/mol. The van der Waals surface area contributed by atoms with Gasteiger partial charge in [0.2, 0.25) is 0 Å². The van der Waals surface area contributed by atoms with Crippen molar-refractivity contribution < 1.29 is 4.79 Å². The van der Waals surface area contributed by atoms with E-state index in [1.54, 1.807) is 7.05 Å². The Bertz CT molecular complexity index is 263. The van der Waals surface area contributed by atoms with Gasteiger partial charge in [0.25, 0.3) is 5.91 Å². The minimum absolute atomic E-state index is 0.0582. The second-order valence-electron chi connectivity index (χ2n) is 4.63. The maximum absolute atomic E-state index is 11.9. The summed E-state index contributed by atoms with van der Waals surface area (Å²) in [6, 6.07) is 0. The van der Waals surface area contributed by atoms with Crippen molar-refractivity contribution in [3.05, 3.63) is 12.3 Å². The molecule has 1 fully saturated rings. The molecule has 1 unspecified atom stereocenters. The average Bonchev–Trinajstić information content (AvgIpc) is 2.39. The second-order valence-corrected chi connectivity index (χ2v) is 4.63. The molecule has 1 atom stereocenters. The minimum atomic E-state index is 0.0582. The Morgan fingerprint density at radius 2 is 2.06 bits per heavy atom. The van der Waals surface area contributed by atoms with E-state index >= 15 is 0 Å². The maximum Gasteiger partial charge on any atom is 0.269 e. The molecule has 0 spiro atoms. The average molecular weight is 239 g/mol. The molecule has 1 aliphatic heterocycles. The lowest BCUT2D eigenvalue weighted by atomic mass is 9.88. The normalized spacial score (nSPS) is 19.3. The van der Waals surface area contributed by atoms with Crippen LogP contribution in [0.25, 0.3) is 0 Å². The lowest BCUT2D eigenvalue weighted by Crippen LogP contribution is -2.43. The van der Waals surface area contributed by atoms with Crippen LogP contribution in [0, 0.1) is 17.2 Å². The first kappa shape index (κ1) is 15.7. The Kier molecular flexibility index (Phi) is 7.26. The van der Waals surface area contributed by atoms with Crippen molar-refractivity contribution in [1.29, 1.82) is 5.41 Å². The quantitative estimate of drug-likeness (QED) is 0.583. The molecular formula is C13H25N3O. The fourth-order valence-electron chi connectivity index (χ4n) is 2.04. The molecule has 0 bridgehead atoms. The predicted octanol–water partition coefficient (Wildman–Crippen LogP) is 1.88. The van der Waals surface area contributed by atoms with E-state index in [4.69, 9.17) is 5.41 Å². The third kappa shape index (κ3) is 4.59. The third-order valence-corrected chi connectivity index (χ3v) is 3.25. The molecule has 2 N–H and O–H groups in total. The monoisotopic (exact) mass is 239 g/mol. The second kappa shape index (κ2) is 7.87. The zero-order chi connectivity index (χ0) is 13.4. The summed E-state index contributed by atoms with van der Waals surface area (Å²) < 4.78 is 0. The standard InChI is InChI=1S/C12H22N2O.CH3N/c1-9(2)11-6-5-7-14(8-11)12(15)10(3)13-4;1-2/h9,11,13H,3,5-8H2,1-2,4H3;2H,1H2. The summed E-state index contributed by atoms with van der Waals surface area (Å²) in [7, 11) is 1.74. The molecule has 0 saturated carbocycles. The fraction of sp³-hybridized carbons (Fsp3) is 0.692. The Morgan fingerprint density at radius 1 is 1.47 bits per heavy atom. The Hall–Kier alpha value is -1.32. The van der Waals surface area contributed by atoms with Crippen LogP contribution in [0.4, 0.5) is 0 Å². The molecule has 98 valence electrons.